The fraction of sp³-hybridized carbons (Fsp3) is 0.357. The lowest BCUT2D eigenvalue weighted by Crippen LogP contribution is -2.15. The van der Waals surface area contributed by atoms with Gasteiger partial charge in [-0.1, -0.05) is 13.0 Å². The third kappa shape index (κ3) is 1.74. The second kappa shape index (κ2) is 4.37. The van der Waals surface area contributed by atoms with Gasteiger partial charge in [-0.05, 0) is 24.1 Å². The first kappa shape index (κ1) is 11.1. The van der Waals surface area contributed by atoms with Gasteiger partial charge >= 0.3 is 0 Å². The van der Waals surface area contributed by atoms with E-state index in [-0.39, 0.29) is 0 Å². The molecule has 3 rings (SSSR count). The quantitative estimate of drug-likeness (QED) is 0.814. The molecule has 0 unspecified atom stereocenters. The number of aromatic nitrogens is 2. The molecule has 0 amide bonds. The van der Waals surface area contributed by atoms with Crippen molar-refractivity contribution < 1.29 is 9.47 Å². The van der Waals surface area contributed by atoms with E-state index in [4.69, 9.17) is 9.47 Å². The van der Waals surface area contributed by atoms with Crippen LogP contribution in [0.5, 0.6) is 11.5 Å². The Morgan fingerprint density at radius 1 is 1.22 bits per heavy atom. The van der Waals surface area contributed by atoms with Crippen LogP contribution in [0.4, 0.5) is 0 Å². The lowest BCUT2D eigenvalue weighted by molar-refractivity contribution is 0.171. The number of aryl methyl sites for hydroxylation is 1. The molecule has 94 valence electrons. The number of benzene rings is 1. The van der Waals surface area contributed by atoms with Gasteiger partial charge in [0.05, 0.1) is 6.20 Å². The molecule has 1 aliphatic rings. The second-order valence-electron chi connectivity index (χ2n) is 4.34. The van der Waals surface area contributed by atoms with Crippen molar-refractivity contribution in [3.63, 3.8) is 0 Å². The molecule has 0 bridgehead atoms. The summed E-state index contributed by atoms with van der Waals surface area (Å²) in [6.45, 7) is 3.38. The van der Waals surface area contributed by atoms with Gasteiger partial charge in [-0.15, -0.1) is 0 Å². The first-order valence-electron chi connectivity index (χ1n) is 6.20. The van der Waals surface area contributed by atoms with Crippen LogP contribution in [0.1, 0.15) is 12.6 Å². The van der Waals surface area contributed by atoms with E-state index in [0.717, 1.165) is 29.0 Å². The molecule has 18 heavy (non-hydrogen) atoms. The van der Waals surface area contributed by atoms with Gasteiger partial charge < -0.3 is 9.47 Å². The third-order valence-electron chi connectivity index (χ3n) is 3.25. The van der Waals surface area contributed by atoms with Crippen molar-refractivity contribution in [2.75, 3.05) is 13.2 Å². The van der Waals surface area contributed by atoms with Crippen LogP contribution in [0.3, 0.4) is 0 Å². The topological polar surface area (TPSA) is 36.3 Å². The molecule has 0 saturated carbocycles. The monoisotopic (exact) mass is 244 g/mol. The average molecular weight is 244 g/mol. The minimum absolute atomic E-state index is 0.615. The number of ether oxygens (including phenoxy) is 2. The SMILES string of the molecule is CCc1c(-c2ccc3c(c2)OCCO3)cnn1C. The van der Waals surface area contributed by atoms with Crippen LogP contribution in [-0.2, 0) is 13.5 Å². The maximum Gasteiger partial charge on any atom is 0.161 e. The van der Waals surface area contributed by atoms with Crippen molar-refractivity contribution in [1.82, 2.24) is 9.78 Å². The second-order valence-corrected chi connectivity index (χ2v) is 4.34. The number of hydrogen-bond donors (Lipinski definition) is 0. The molecular formula is C14H16N2O2. The van der Waals surface area contributed by atoms with E-state index in [9.17, 15) is 0 Å². The van der Waals surface area contributed by atoms with Gasteiger partial charge in [0.1, 0.15) is 13.2 Å². The van der Waals surface area contributed by atoms with E-state index < -0.39 is 0 Å². The summed E-state index contributed by atoms with van der Waals surface area (Å²) in [4.78, 5) is 0. The summed E-state index contributed by atoms with van der Waals surface area (Å²) in [5, 5.41) is 4.32. The van der Waals surface area contributed by atoms with Gasteiger partial charge in [-0.2, -0.15) is 5.10 Å². The van der Waals surface area contributed by atoms with Crippen LogP contribution in [0.25, 0.3) is 11.1 Å². The molecular weight excluding hydrogens is 228 g/mol. The third-order valence-corrected chi connectivity index (χ3v) is 3.25. The molecule has 0 aliphatic carbocycles. The van der Waals surface area contributed by atoms with Crippen molar-refractivity contribution in [2.24, 2.45) is 7.05 Å². The zero-order valence-corrected chi connectivity index (χ0v) is 10.6. The largest absolute Gasteiger partial charge is 0.486 e. The zero-order chi connectivity index (χ0) is 12.5. The van der Waals surface area contributed by atoms with Gasteiger partial charge in [-0.3, -0.25) is 4.68 Å². The number of nitrogens with zero attached hydrogens (tertiary/aromatic N) is 2. The van der Waals surface area contributed by atoms with Crippen LogP contribution in [0, 0.1) is 0 Å². The highest BCUT2D eigenvalue weighted by molar-refractivity contribution is 5.69. The highest BCUT2D eigenvalue weighted by Gasteiger charge is 2.15. The van der Waals surface area contributed by atoms with E-state index in [1.807, 2.05) is 30.1 Å². The normalized spacial score (nSPS) is 13.7. The van der Waals surface area contributed by atoms with Gasteiger partial charge in [0.15, 0.2) is 11.5 Å². The Balaban J connectivity index is 2.06. The summed E-state index contributed by atoms with van der Waals surface area (Å²) in [5.41, 5.74) is 3.52. The summed E-state index contributed by atoms with van der Waals surface area (Å²) in [5.74, 6) is 1.65. The molecule has 0 saturated heterocycles. The van der Waals surface area contributed by atoms with Crippen molar-refractivity contribution >= 4 is 0 Å². The Morgan fingerprint density at radius 2 is 2.00 bits per heavy atom. The van der Waals surface area contributed by atoms with E-state index in [0.29, 0.717) is 13.2 Å². The maximum absolute atomic E-state index is 5.61. The predicted octanol–water partition coefficient (Wildman–Crippen LogP) is 2.42. The van der Waals surface area contributed by atoms with Crippen LogP contribution in [0.15, 0.2) is 24.4 Å². The van der Waals surface area contributed by atoms with Crippen LogP contribution in [-0.4, -0.2) is 23.0 Å². The highest BCUT2D eigenvalue weighted by atomic mass is 16.6. The molecule has 0 N–H and O–H groups in total. The molecule has 4 heteroatoms. The van der Waals surface area contributed by atoms with E-state index in [1.54, 1.807) is 0 Å². The molecule has 0 spiro atoms. The molecule has 1 aromatic heterocycles. The highest BCUT2D eigenvalue weighted by Crippen LogP contribution is 2.35. The molecule has 1 aromatic carbocycles. The number of hydrogen-bond acceptors (Lipinski definition) is 3. The minimum atomic E-state index is 0.615. The first-order chi connectivity index (χ1) is 8.79. The summed E-state index contributed by atoms with van der Waals surface area (Å²) in [6, 6.07) is 6.06. The van der Waals surface area contributed by atoms with Gasteiger partial charge in [0, 0.05) is 18.3 Å². The van der Waals surface area contributed by atoms with Crippen molar-refractivity contribution in [2.45, 2.75) is 13.3 Å². The van der Waals surface area contributed by atoms with Crippen LogP contribution < -0.4 is 9.47 Å². The lowest BCUT2D eigenvalue weighted by atomic mass is 10.0. The number of fused-ring (bicyclic) bond motifs is 1. The van der Waals surface area contributed by atoms with Crippen molar-refractivity contribution in [3.8, 4) is 22.6 Å². The molecule has 1 aliphatic heterocycles. The Bertz CT molecular complexity index is 575. The minimum Gasteiger partial charge on any atom is -0.486 e. The first-order valence-corrected chi connectivity index (χ1v) is 6.20. The molecule has 2 aromatic rings. The van der Waals surface area contributed by atoms with E-state index in [1.165, 1.54) is 5.69 Å². The maximum atomic E-state index is 5.61. The van der Waals surface area contributed by atoms with E-state index in [2.05, 4.69) is 18.1 Å². The Kier molecular flexibility index (Phi) is 2.70. The van der Waals surface area contributed by atoms with Crippen molar-refractivity contribution in [1.29, 1.82) is 0 Å². The molecule has 4 nitrogen and oxygen atoms in total. The fourth-order valence-corrected chi connectivity index (χ4v) is 2.33. The van der Waals surface area contributed by atoms with Gasteiger partial charge in [0.25, 0.3) is 0 Å². The molecule has 2 heterocycles. The molecule has 0 radical (unpaired) electrons. The molecule has 0 atom stereocenters. The Labute approximate surface area is 106 Å². The smallest absolute Gasteiger partial charge is 0.161 e. The fourth-order valence-electron chi connectivity index (χ4n) is 2.33. The van der Waals surface area contributed by atoms with Gasteiger partial charge in [0.2, 0.25) is 0 Å². The Hall–Kier alpha value is -1.97. The summed E-state index contributed by atoms with van der Waals surface area (Å²) >= 11 is 0. The zero-order valence-electron chi connectivity index (χ0n) is 10.6. The number of rotatable bonds is 2. The summed E-state index contributed by atoms with van der Waals surface area (Å²) in [6.07, 6.45) is 2.87. The van der Waals surface area contributed by atoms with Crippen molar-refractivity contribution in [3.05, 3.63) is 30.1 Å². The molecule has 0 fully saturated rings. The summed E-state index contributed by atoms with van der Waals surface area (Å²) in [7, 11) is 1.97. The summed E-state index contributed by atoms with van der Waals surface area (Å²) < 4.78 is 13.1. The van der Waals surface area contributed by atoms with Gasteiger partial charge in [-0.25, -0.2) is 0 Å². The van der Waals surface area contributed by atoms with Crippen LogP contribution in [0.2, 0.25) is 0 Å². The average Bonchev–Trinajstić information content (AvgIpc) is 2.79. The lowest BCUT2D eigenvalue weighted by Gasteiger charge is -2.18. The standard InChI is InChI=1S/C14H16N2O2/c1-3-12-11(9-15-16(12)2)10-4-5-13-14(8-10)18-7-6-17-13/h4-5,8-9H,3,6-7H2,1-2H3. The Morgan fingerprint density at radius 3 is 2.78 bits per heavy atom. The van der Waals surface area contributed by atoms with Crippen LogP contribution >= 0.6 is 0 Å². The van der Waals surface area contributed by atoms with E-state index >= 15 is 0 Å². The predicted molar refractivity (Wildman–Crippen MR) is 69.0 cm³/mol.